The molecule has 0 saturated heterocycles. The van der Waals surface area contributed by atoms with E-state index < -0.39 is 0 Å². The predicted octanol–water partition coefficient (Wildman–Crippen LogP) is 4.43. The molecule has 1 N–H and O–H groups in total. The van der Waals surface area contributed by atoms with Crippen molar-refractivity contribution < 1.29 is 9.53 Å². The van der Waals surface area contributed by atoms with E-state index in [1.165, 1.54) is 29.6 Å². The Kier molecular flexibility index (Phi) is 5.94. The number of fused-ring (bicyclic) bond motifs is 3. The molecule has 7 heteroatoms. The molecule has 2 heterocycles. The number of benzene rings is 1. The number of aryl methyl sites for hydroxylation is 2. The number of thiophene rings is 1. The van der Waals surface area contributed by atoms with Crippen LogP contribution < -0.4 is 15.0 Å². The second kappa shape index (κ2) is 8.78. The Morgan fingerprint density at radius 3 is 2.66 bits per heavy atom. The summed E-state index contributed by atoms with van der Waals surface area (Å²) in [7, 11) is 0. The van der Waals surface area contributed by atoms with Crippen LogP contribution in [-0.4, -0.2) is 35.6 Å². The molecule has 0 spiro atoms. The van der Waals surface area contributed by atoms with Crippen molar-refractivity contribution in [3.63, 3.8) is 0 Å². The monoisotopic (exact) mass is 410 g/mol. The molecule has 0 radical (unpaired) electrons. The van der Waals surface area contributed by atoms with Crippen molar-refractivity contribution in [2.75, 3.05) is 29.9 Å². The Morgan fingerprint density at radius 2 is 1.90 bits per heavy atom. The van der Waals surface area contributed by atoms with Crippen molar-refractivity contribution in [2.24, 2.45) is 0 Å². The predicted molar refractivity (Wildman–Crippen MR) is 118 cm³/mol. The van der Waals surface area contributed by atoms with Crippen LogP contribution in [0.5, 0.6) is 5.88 Å². The van der Waals surface area contributed by atoms with Crippen LogP contribution in [0.15, 0.2) is 30.6 Å². The Morgan fingerprint density at radius 1 is 1.14 bits per heavy atom. The van der Waals surface area contributed by atoms with Crippen LogP contribution >= 0.6 is 11.3 Å². The van der Waals surface area contributed by atoms with Gasteiger partial charge in [-0.05, 0) is 69.4 Å². The third-order valence-corrected chi connectivity index (χ3v) is 6.54. The topological polar surface area (TPSA) is 67.4 Å². The molecule has 2 aromatic heterocycles. The molecular formula is C22H26N4O2S. The summed E-state index contributed by atoms with van der Waals surface area (Å²) in [6.45, 7) is 6.09. The Hall–Kier alpha value is -2.67. The lowest BCUT2D eigenvalue weighted by atomic mass is 9.97. The molecule has 1 amide bonds. The molecule has 0 atom stereocenters. The normalized spacial score (nSPS) is 13.2. The average Bonchev–Trinajstić information content (AvgIpc) is 3.13. The molecule has 152 valence electrons. The first-order valence-electron chi connectivity index (χ1n) is 10.2. The maximum absolute atomic E-state index is 12.4. The van der Waals surface area contributed by atoms with Crippen LogP contribution in [0.2, 0.25) is 0 Å². The highest BCUT2D eigenvalue weighted by molar-refractivity contribution is 7.18. The summed E-state index contributed by atoms with van der Waals surface area (Å²) in [6.07, 6.45) is 6.05. The van der Waals surface area contributed by atoms with E-state index in [0.717, 1.165) is 47.5 Å². The van der Waals surface area contributed by atoms with Crippen LogP contribution in [0, 0.1) is 0 Å². The van der Waals surface area contributed by atoms with Crippen LogP contribution in [0.3, 0.4) is 0 Å². The summed E-state index contributed by atoms with van der Waals surface area (Å²) in [5.74, 6) is 0.317. The fraction of sp³-hybridized carbons (Fsp3) is 0.409. The lowest BCUT2D eigenvalue weighted by Crippen LogP contribution is -2.22. The molecule has 29 heavy (non-hydrogen) atoms. The van der Waals surface area contributed by atoms with Gasteiger partial charge >= 0.3 is 0 Å². The number of rotatable bonds is 7. The fourth-order valence-electron chi connectivity index (χ4n) is 3.85. The van der Waals surface area contributed by atoms with Gasteiger partial charge in [0.05, 0.1) is 5.39 Å². The lowest BCUT2D eigenvalue weighted by molar-refractivity contribution is -0.118. The summed E-state index contributed by atoms with van der Waals surface area (Å²) in [4.78, 5) is 25.7. The van der Waals surface area contributed by atoms with Crippen LogP contribution in [0.1, 0.15) is 37.1 Å². The zero-order valence-corrected chi connectivity index (χ0v) is 17.7. The van der Waals surface area contributed by atoms with E-state index >= 15 is 0 Å². The number of nitrogens with zero attached hydrogens (tertiary/aromatic N) is 3. The van der Waals surface area contributed by atoms with E-state index in [4.69, 9.17) is 4.74 Å². The van der Waals surface area contributed by atoms with Crippen molar-refractivity contribution in [1.29, 1.82) is 0 Å². The number of aromatic nitrogens is 2. The summed E-state index contributed by atoms with van der Waals surface area (Å²) < 4.78 is 5.81. The number of anilines is 2. The van der Waals surface area contributed by atoms with Crippen LogP contribution in [0.25, 0.3) is 10.2 Å². The minimum Gasteiger partial charge on any atom is -0.467 e. The molecule has 4 rings (SSSR count). The van der Waals surface area contributed by atoms with E-state index in [0.29, 0.717) is 5.88 Å². The first-order valence-corrected chi connectivity index (χ1v) is 11.0. The van der Waals surface area contributed by atoms with Gasteiger partial charge in [0.25, 0.3) is 5.91 Å². The molecular weight excluding hydrogens is 384 g/mol. The molecule has 1 aliphatic rings. The smallest absolute Gasteiger partial charge is 0.262 e. The van der Waals surface area contributed by atoms with Gasteiger partial charge in [-0.1, -0.05) is 0 Å². The van der Waals surface area contributed by atoms with Crippen molar-refractivity contribution in [3.05, 3.63) is 41.0 Å². The minimum absolute atomic E-state index is 0.0749. The molecule has 0 unspecified atom stereocenters. The SMILES string of the molecule is CCN(CC)c1ccc(NC(=O)COc2ncnc3sc4c(c23)CCCC4)cc1. The van der Waals surface area contributed by atoms with Crippen LogP contribution in [-0.2, 0) is 17.6 Å². The molecule has 3 aromatic rings. The van der Waals surface area contributed by atoms with Gasteiger partial charge in [-0.3, -0.25) is 4.79 Å². The van der Waals surface area contributed by atoms with Gasteiger partial charge in [-0.15, -0.1) is 11.3 Å². The molecule has 0 bridgehead atoms. The second-order valence-electron chi connectivity index (χ2n) is 7.13. The third kappa shape index (κ3) is 4.19. The number of ether oxygens (including phenoxy) is 1. The fourth-order valence-corrected chi connectivity index (χ4v) is 5.07. The second-order valence-corrected chi connectivity index (χ2v) is 8.21. The van der Waals surface area contributed by atoms with E-state index in [9.17, 15) is 4.79 Å². The quantitative estimate of drug-likeness (QED) is 0.624. The standard InChI is InChI=1S/C22H26N4O2S/c1-3-26(4-2)16-11-9-15(10-12-16)25-19(27)13-28-21-20-17-7-5-6-8-18(17)29-22(20)24-14-23-21/h9-12,14H,3-8,13H2,1-2H3,(H,25,27). The summed E-state index contributed by atoms with van der Waals surface area (Å²) in [6, 6.07) is 7.89. The third-order valence-electron chi connectivity index (χ3n) is 5.34. The first kappa shape index (κ1) is 19.6. The number of hydrogen-bond donors (Lipinski definition) is 1. The van der Waals surface area contributed by atoms with Gasteiger partial charge in [-0.2, -0.15) is 0 Å². The molecule has 1 aromatic carbocycles. The molecule has 6 nitrogen and oxygen atoms in total. The highest BCUT2D eigenvalue weighted by atomic mass is 32.1. The zero-order chi connectivity index (χ0) is 20.2. The van der Waals surface area contributed by atoms with E-state index in [-0.39, 0.29) is 12.5 Å². The Balaban J connectivity index is 1.42. The number of carbonyl (C=O) groups is 1. The summed E-state index contributed by atoms with van der Waals surface area (Å²) in [5, 5.41) is 3.88. The van der Waals surface area contributed by atoms with Crippen molar-refractivity contribution in [3.8, 4) is 5.88 Å². The molecule has 0 aliphatic heterocycles. The summed E-state index contributed by atoms with van der Waals surface area (Å²) in [5.41, 5.74) is 3.21. The highest BCUT2D eigenvalue weighted by Crippen LogP contribution is 2.38. The van der Waals surface area contributed by atoms with Gasteiger partial charge in [0.15, 0.2) is 6.61 Å². The number of hydrogen-bond acceptors (Lipinski definition) is 6. The van der Waals surface area contributed by atoms with E-state index in [1.807, 2.05) is 24.3 Å². The summed E-state index contributed by atoms with van der Waals surface area (Å²) >= 11 is 1.72. The largest absolute Gasteiger partial charge is 0.467 e. The van der Waals surface area contributed by atoms with Crippen LogP contribution in [0.4, 0.5) is 11.4 Å². The van der Waals surface area contributed by atoms with Gasteiger partial charge in [0.1, 0.15) is 11.2 Å². The molecule has 0 fully saturated rings. The van der Waals surface area contributed by atoms with Gasteiger partial charge in [0, 0.05) is 29.3 Å². The van der Waals surface area contributed by atoms with Crippen molar-refractivity contribution >= 4 is 38.8 Å². The number of amides is 1. The van der Waals surface area contributed by atoms with Gasteiger partial charge < -0.3 is 15.0 Å². The van der Waals surface area contributed by atoms with Crippen molar-refractivity contribution in [2.45, 2.75) is 39.5 Å². The average molecular weight is 411 g/mol. The first-order chi connectivity index (χ1) is 14.2. The maximum Gasteiger partial charge on any atom is 0.262 e. The lowest BCUT2D eigenvalue weighted by Gasteiger charge is -2.21. The molecule has 0 saturated carbocycles. The Labute approximate surface area is 174 Å². The Bertz CT molecular complexity index is 996. The van der Waals surface area contributed by atoms with E-state index in [2.05, 4.69) is 34.0 Å². The zero-order valence-electron chi connectivity index (χ0n) is 16.9. The molecule has 1 aliphatic carbocycles. The minimum atomic E-state index is -0.198. The number of nitrogens with one attached hydrogen (secondary N) is 1. The maximum atomic E-state index is 12.4. The van der Waals surface area contributed by atoms with E-state index in [1.54, 1.807) is 11.3 Å². The van der Waals surface area contributed by atoms with Crippen molar-refractivity contribution in [1.82, 2.24) is 9.97 Å². The van der Waals surface area contributed by atoms with Gasteiger partial charge in [0.2, 0.25) is 5.88 Å². The van der Waals surface area contributed by atoms with Gasteiger partial charge in [-0.25, -0.2) is 9.97 Å². The highest BCUT2D eigenvalue weighted by Gasteiger charge is 2.21. The number of carbonyl (C=O) groups excluding carboxylic acids is 1.